The van der Waals surface area contributed by atoms with Crippen LogP contribution in [0.2, 0.25) is 0 Å². The van der Waals surface area contributed by atoms with Crippen molar-refractivity contribution in [3.05, 3.63) is 0 Å². The highest BCUT2D eigenvalue weighted by Gasteiger charge is 2.43. The van der Waals surface area contributed by atoms with E-state index < -0.39 is 30.7 Å². The highest BCUT2D eigenvalue weighted by Crippen LogP contribution is 2.21. The van der Waals surface area contributed by atoms with E-state index in [4.69, 9.17) is 9.84 Å². The Kier molecular flexibility index (Phi) is 3.60. The van der Waals surface area contributed by atoms with Crippen LogP contribution < -0.4 is 0 Å². The fraction of sp³-hybridized carbons (Fsp3) is 1.00. The average molecular weight is 194 g/mol. The van der Waals surface area contributed by atoms with E-state index in [9.17, 15) is 10.2 Å². The second-order valence-corrected chi connectivity index (χ2v) is 2.94. The lowest BCUT2D eigenvalue weighted by Crippen LogP contribution is -2.57. The molecule has 0 spiro atoms. The maximum atomic E-state index is 9.46. The number of aliphatic hydroxyl groups excluding tert-OH is 3. The Morgan fingerprint density at radius 1 is 1.15 bits per heavy atom. The van der Waals surface area contributed by atoms with Gasteiger partial charge in [-0.25, -0.2) is 9.78 Å². The second-order valence-electron chi connectivity index (χ2n) is 2.94. The zero-order valence-electron chi connectivity index (χ0n) is 7.45. The van der Waals surface area contributed by atoms with E-state index in [0.717, 1.165) is 0 Å². The van der Waals surface area contributed by atoms with Gasteiger partial charge in [-0.1, -0.05) is 0 Å². The highest BCUT2D eigenvalue weighted by molar-refractivity contribution is 4.87. The first kappa shape index (κ1) is 10.8. The summed E-state index contributed by atoms with van der Waals surface area (Å²) in [4.78, 5) is 8.94. The maximum Gasteiger partial charge on any atom is 0.184 e. The normalized spacial score (nSPS) is 46.4. The summed E-state index contributed by atoms with van der Waals surface area (Å²) in [6, 6.07) is 0. The Morgan fingerprint density at radius 2 is 1.77 bits per heavy atom. The molecule has 1 rings (SSSR count). The van der Waals surface area contributed by atoms with Crippen molar-refractivity contribution >= 4 is 0 Å². The summed E-state index contributed by atoms with van der Waals surface area (Å²) >= 11 is 0. The fourth-order valence-electron chi connectivity index (χ4n) is 1.24. The van der Waals surface area contributed by atoms with Crippen LogP contribution in [0.15, 0.2) is 0 Å². The Balaban J connectivity index is 2.64. The third kappa shape index (κ3) is 2.16. The lowest BCUT2D eigenvalue weighted by molar-refractivity contribution is -0.380. The van der Waals surface area contributed by atoms with E-state index in [1.54, 1.807) is 6.92 Å². The van der Waals surface area contributed by atoms with Crippen LogP contribution in [0.4, 0.5) is 0 Å². The van der Waals surface area contributed by atoms with Gasteiger partial charge in [0, 0.05) is 0 Å². The molecule has 0 aromatic carbocycles. The molecule has 1 aliphatic rings. The first-order valence-electron chi connectivity index (χ1n) is 3.97. The Bertz CT molecular complexity index is 149. The number of rotatable bonds is 2. The summed E-state index contributed by atoms with van der Waals surface area (Å²) in [7, 11) is 1.26. The second kappa shape index (κ2) is 4.32. The van der Waals surface area contributed by atoms with Gasteiger partial charge in [-0.2, -0.15) is 0 Å². The minimum absolute atomic E-state index is 0.612. The molecule has 1 heterocycles. The van der Waals surface area contributed by atoms with Crippen molar-refractivity contribution in [3.8, 4) is 0 Å². The van der Waals surface area contributed by atoms with Gasteiger partial charge in [-0.15, -0.1) is 0 Å². The monoisotopic (exact) mass is 194 g/mol. The molecule has 0 saturated carbocycles. The van der Waals surface area contributed by atoms with Crippen LogP contribution in [0.5, 0.6) is 0 Å². The quantitative estimate of drug-likeness (QED) is 0.362. The summed E-state index contributed by atoms with van der Waals surface area (Å²) in [6.07, 6.45) is -5.31. The van der Waals surface area contributed by atoms with Crippen molar-refractivity contribution in [1.29, 1.82) is 0 Å². The molecule has 1 saturated heterocycles. The Labute approximate surface area is 75.6 Å². The van der Waals surface area contributed by atoms with Crippen molar-refractivity contribution in [2.45, 2.75) is 37.6 Å². The SMILES string of the molecule is COO[C@@H]1[C@@H](O)[C@H](C)OC(O)[C@@H]1O. The van der Waals surface area contributed by atoms with Gasteiger partial charge in [-0.3, -0.25) is 0 Å². The van der Waals surface area contributed by atoms with Crippen LogP contribution in [-0.4, -0.2) is 53.1 Å². The lowest BCUT2D eigenvalue weighted by atomic mass is 10.0. The molecule has 1 fully saturated rings. The minimum Gasteiger partial charge on any atom is -0.387 e. The molecule has 6 heteroatoms. The summed E-state index contributed by atoms with van der Waals surface area (Å²) < 4.78 is 4.81. The molecular weight excluding hydrogens is 180 g/mol. The molecule has 5 atom stereocenters. The van der Waals surface area contributed by atoms with Crippen LogP contribution in [0.25, 0.3) is 0 Å². The zero-order chi connectivity index (χ0) is 10.0. The van der Waals surface area contributed by atoms with Gasteiger partial charge in [0.2, 0.25) is 0 Å². The molecule has 0 amide bonds. The van der Waals surface area contributed by atoms with Crippen molar-refractivity contribution in [3.63, 3.8) is 0 Å². The van der Waals surface area contributed by atoms with E-state index in [1.807, 2.05) is 0 Å². The fourth-order valence-corrected chi connectivity index (χ4v) is 1.24. The van der Waals surface area contributed by atoms with E-state index >= 15 is 0 Å². The van der Waals surface area contributed by atoms with Gasteiger partial charge in [0.1, 0.15) is 12.2 Å². The van der Waals surface area contributed by atoms with E-state index in [0.29, 0.717) is 0 Å². The average Bonchev–Trinajstić information content (AvgIpc) is 2.09. The van der Waals surface area contributed by atoms with Gasteiger partial charge < -0.3 is 20.1 Å². The predicted molar refractivity (Wildman–Crippen MR) is 40.4 cm³/mol. The molecule has 0 aromatic heterocycles. The van der Waals surface area contributed by atoms with Crippen LogP contribution in [0.3, 0.4) is 0 Å². The molecule has 6 nitrogen and oxygen atoms in total. The predicted octanol–water partition coefficient (Wildman–Crippen LogP) is -1.61. The van der Waals surface area contributed by atoms with Crippen molar-refractivity contribution < 1.29 is 29.8 Å². The summed E-state index contributed by atoms with van der Waals surface area (Å²) in [5, 5.41) is 27.9. The van der Waals surface area contributed by atoms with Crippen molar-refractivity contribution in [1.82, 2.24) is 0 Å². The van der Waals surface area contributed by atoms with Gasteiger partial charge in [-0.05, 0) is 6.92 Å². The largest absolute Gasteiger partial charge is 0.387 e. The number of ether oxygens (including phenoxy) is 1. The van der Waals surface area contributed by atoms with E-state index in [1.165, 1.54) is 7.11 Å². The van der Waals surface area contributed by atoms with Crippen molar-refractivity contribution in [2.24, 2.45) is 0 Å². The van der Waals surface area contributed by atoms with Gasteiger partial charge >= 0.3 is 0 Å². The van der Waals surface area contributed by atoms with Crippen LogP contribution in [0.1, 0.15) is 6.92 Å². The smallest absolute Gasteiger partial charge is 0.184 e. The van der Waals surface area contributed by atoms with E-state index in [2.05, 4.69) is 9.78 Å². The third-order valence-electron chi connectivity index (χ3n) is 2.01. The van der Waals surface area contributed by atoms with Crippen LogP contribution in [0, 0.1) is 0 Å². The first-order valence-corrected chi connectivity index (χ1v) is 3.97. The van der Waals surface area contributed by atoms with Gasteiger partial charge in [0.15, 0.2) is 12.4 Å². The lowest BCUT2D eigenvalue weighted by Gasteiger charge is -2.37. The molecule has 0 radical (unpaired) electrons. The first-order chi connectivity index (χ1) is 6.07. The molecule has 13 heavy (non-hydrogen) atoms. The Hall–Kier alpha value is -0.240. The van der Waals surface area contributed by atoms with Gasteiger partial charge in [0.05, 0.1) is 13.2 Å². The Morgan fingerprint density at radius 3 is 2.31 bits per heavy atom. The van der Waals surface area contributed by atoms with Crippen LogP contribution in [-0.2, 0) is 14.5 Å². The third-order valence-corrected chi connectivity index (χ3v) is 2.01. The van der Waals surface area contributed by atoms with Crippen molar-refractivity contribution in [2.75, 3.05) is 7.11 Å². The number of hydrogen-bond donors (Lipinski definition) is 3. The molecule has 78 valence electrons. The van der Waals surface area contributed by atoms with E-state index in [-0.39, 0.29) is 0 Å². The standard InChI is InChI=1S/C7H14O6/c1-3-4(8)6(13-11-2)5(9)7(10)12-3/h3-10H,1-2H3/t3-,4-,5+,6+,7?/m0/s1. The minimum atomic E-state index is -1.36. The molecule has 0 aliphatic carbocycles. The van der Waals surface area contributed by atoms with Crippen LogP contribution >= 0.6 is 0 Å². The molecule has 3 N–H and O–H groups in total. The highest BCUT2D eigenvalue weighted by atomic mass is 17.2. The molecular formula is C7H14O6. The molecule has 0 bridgehead atoms. The summed E-state index contributed by atoms with van der Waals surface area (Å²) in [5.41, 5.74) is 0. The molecule has 0 aromatic rings. The molecule has 1 unspecified atom stereocenters. The summed E-state index contributed by atoms with van der Waals surface area (Å²) in [6.45, 7) is 1.56. The zero-order valence-corrected chi connectivity index (χ0v) is 7.45. The maximum absolute atomic E-state index is 9.46. The summed E-state index contributed by atoms with van der Waals surface area (Å²) in [5.74, 6) is 0. The number of aliphatic hydroxyl groups is 3. The van der Waals surface area contributed by atoms with Gasteiger partial charge in [0.25, 0.3) is 0 Å². The molecule has 1 aliphatic heterocycles. The topological polar surface area (TPSA) is 88.4 Å². The number of hydrogen-bond acceptors (Lipinski definition) is 6.